The maximum atomic E-state index is 10.5. The minimum absolute atomic E-state index is 0.383. The van der Waals surface area contributed by atoms with Crippen molar-refractivity contribution in [2.75, 3.05) is 39.4 Å². The Morgan fingerprint density at radius 3 is 2.63 bits per heavy atom. The molecule has 0 saturated carbocycles. The first-order valence-corrected chi connectivity index (χ1v) is 7.31. The highest BCUT2D eigenvalue weighted by Crippen LogP contribution is 2.11. The average molecular weight is 270 g/mol. The van der Waals surface area contributed by atoms with Gasteiger partial charge < -0.3 is 15.2 Å². The monoisotopic (exact) mass is 270 g/mol. The zero-order valence-electron chi connectivity index (χ0n) is 12.7. The van der Waals surface area contributed by atoms with E-state index in [4.69, 9.17) is 4.74 Å². The van der Waals surface area contributed by atoms with Gasteiger partial charge in [0.05, 0.1) is 18.8 Å². The van der Waals surface area contributed by atoms with E-state index in [1.165, 1.54) is 0 Å². The van der Waals surface area contributed by atoms with Crippen LogP contribution in [-0.4, -0.2) is 61.0 Å². The van der Waals surface area contributed by atoms with Crippen LogP contribution in [0.25, 0.3) is 0 Å². The lowest BCUT2D eigenvalue weighted by atomic mass is 9.98. The van der Waals surface area contributed by atoms with E-state index >= 15 is 0 Å². The molecule has 1 fully saturated rings. The predicted molar refractivity (Wildman–Crippen MR) is 79.3 cm³/mol. The lowest BCUT2D eigenvalue weighted by Crippen LogP contribution is -2.52. The molecule has 4 nitrogen and oxygen atoms in total. The van der Waals surface area contributed by atoms with Crippen LogP contribution in [0.4, 0.5) is 0 Å². The summed E-state index contributed by atoms with van der Waals surface area (Å²) < 4.78 is 5.32. The number of morpholine rings is 1. The van der Waals surface area contributed by atoms with Gasteiger partial charge in [-0.15, -0.1) is 6.58 Å². The van der Waals surface area contributed by atoms with Gasteiger partial charge in [0.25, 0.3) is 0 Å². The van der Waals surface area contributed by atoms with Crippen molar-refractivity contribution in [1.29, 1.82) is 0 Å². The molecule has 1 rings (SSSR count). The van der Waals surface area contributed by atoms with Gasteiger partial charge in [0.2, 0.25) is 0 Å². The second-order valence-electron chi connectivity index (χ2n) is 6.06. The van der Waals surface area contributed by atoms with Crippen LogP contribution in [0.2, 0.25) is 0 Å². The Balaban J connectivity index is 2.30. The van der Waals surface area contributed by atoms with Crippen molar-refractivity contribution in [3.8, 4) is 0 Å². The van der Waals surface area contributed by atoms with Crippen molar-refractivity contribution in [1.82, 2.24) is 10.2 Å². The SMILES string of the molecule is C=CCC(C)C(C)NCC(C)(O)CN1CCOCC1. The van der Waals surface area contributed by atoms with E-state index in [1.807, 2.05) is 13.0 Å². The number of rotatable bonds is 8. The number of allylic oxidation sites excluding steroid dienone is 1. The minimum Gasteiger partial charge on any atom is -0.388 e. The van der Waals surface area contributed by atoms with Gasteiger partial charge in [0.15, 0.2) is 0 Å². The maximum absolute atomic E-state index is 10.5. The largest absolute Gasteiger partial charge is 0.388 e. The third-order valence-corrected chi connectivity index (χ3v) is 3.86. The van der Waals surface area contributed by atoms with Crippen molar-refractivity contribution in [2.45, 2.75) is 38.8 Å². The highest BCUT2D eigenvalue weighted by molar-refractivity contribution is 4.84. The summed E-state index contributed by atoms with van der Waals surface area (Å²) >= 11 is 0. The molecule has 2 N–H and O–H groups in total. The Morgan fingerprint density at radius 2 is 2.05 bits per heavy atom. The molecule has 0 radical (unpaired) electrons. The summed E-state index contributed by atoms with van der Waals surface area (Å²) in [6, 6.07) is 0.383. The molecule has 4 heteroatoms. The summed E-state index contributed by atoms with van der Waals surface area (Å²) in [5, 5.41) is 13.9. The van der Waals surface area contributed by atoms with Crippen molar-refractivity contribution in [2.24, 2.45) is 5.92 Å². The van der Waals surface area contributed by atoms with Gasteiger partial charge in [-0.3, -0.25) is 4.90 Å². The molecule has 0 aliphatic carbocycles. The van der Waals surface area contributed by atoms with Crippen LogP contribution in [0.1, 0.15) is 27.2 Å². The zero-order chi connectivity index (χ0) is 14.3. The van der Waals surface area contributed by atoms with Crippen LogP contribution in [0, 0.1) is 5.92 Å². The molecule has 1 aliphatic rings. The van der Waals surface area contributed by atoms with E-state index < -0.39 is 5.60 Å². The molecule has 0 bridgehead atoms. The van der Waals surface area contributed by atoms with Crippen molar-refractivity contribution < 1.29 is 9.84 Å². The Kier molecular flexibility index (Phi) is 7.00. The third-order valence-electron chi connectivity index (χ3n) is 3.86. The van der Waals surface area contributed by atoms with Gasteiger partial charge in [-0.25, -0.2) is 0 Å². The lowest BCUT2D eigenvalue weighted by Gasteiger charge is -2.35. The highest BCUT2D eigenvalue weighted by atomic mass is 16.5. The molecule has 0 aromatic carbocycles. The van der Waals surface area contributed by atoms with Crippen LogP contribution < -0.4 is 5.32 Å². The summed E-state index contributed by atoms with van der Waals surface area (Å²) in [6.45, 7) is 14.7. The number of nitrogens with zero attached hydrogens (tertiary/aromatic N) is 1. The van der Waals surface area contributed by atoms with Gasteiger partial charge in [-0.2, -0.15) is 0 Å². The van der Waals surface area contributed by atoms with E-state index in [2.05, 4.69) is 30.6 Å². The molecule has 3 unspecified atom stereocenters. The highest BCUT2D eigenvalue weighted by Gasteiger charge is 2.26. The third kappa shape index (κ3) is 6.52. The molecule has 1 saturated heterocycles. The summed E-state index contributed by atoms with van der Waals surface area (Å²) in [7, 11) is 0. The molecule has 112 valence electrons. The van der Waals surface area contributed by atoms with Crippen LogP contribution in [0.5, 0.6) is 0 Å². The number of hydrogen-bond acceptors (Lipinski definition) is 4. The molecule has 3 atom stereocenters. The molecular formula is C15H30N2O2. The molecule has 1 heterocycles. The smallest absolute Gasteiger partial charge is 0.0869 e. The molecule has 0 aromatic rings. The molecule has 0 aromatic heterocycles. The lowest BCUT2D eigenvalue weighted by molar-refractivity contribution is -0.0232. The first-order chi connectivity index (χ1) is 8.94. The fraction of sp³-hybridized carbons (Fsp3) is 0.867. The fourth-order valence-electron chi connectivity index (χ4n) is 2.35. The second kappa shape index (κ2) is 8.00. The van der Waals surface area contributed by atoms with Gasteiger partial charge in [0.1, 0.15) is 0 Å². The average Bonchev–Trinajstić information content (AvgIpc) is 2.37. The Hall–Kier alpha value is -0.420. The van der Waals surface area contributed by atoms with Crippen molar-refractivity contribution >= 4 is 0 Å². The number of hydrogen-bond donors (Lipinski definition) is 2. The molecular weight excluding hydrogens is 240 g/mol. The second-order valence-corrected chi connectivity index (χ2v) is 6.06. The number of nitrogens with one attached hydrogen (secondary N) is 1. The van der Waals surface area contributed by atoms with Crippen molar-refractivity contribution in [3.05, 3.63) is 12.7 Å². The number of aliphatic hydroxyl groups is 1. The van der Waals surface area contributed by atoms with Crippen LogP contribution in [0.15, 0.2) is 12.7 Å². The summed E-state index contributed by atoms with van der Waals surface area (Å²) in [4.78, 5) is 2.27. The van der Waals surface area contributed by atoms with Crippen LogP contribution >= 0.6 is 0 Å². The standard InChI is InChI=1S/C15H30N2O2/c1-5-6-13(2)14(3)16-11-15(4,18)12-17-7-9-19-10-8-17/h5,13-14,16,18H,1,6-12H2,2-4H3. The summed E-state index contributed by atoms with van der Waals surface area (Å²) in [5.74, 6) is 0.539. The zero-order valence-corrected chi connectivity index (χ0v) is 12.7. The molecule has 1 aliphatic heterocycles. The van der Waals surface area contributed by atoms with E-state index in [9.17, 15) is 5.11 Å². The molecule has 0 spiro atoms. The first kappa shape index (κ1) is 16.6. The Labute approximate surface area is 117 Å². The molecule has 19 heavy (non-hydrogen) atoms. The van der Waals surface area contributed by atoms with Crippen LogP contribution in [-0.2, 0) is 4.74 Å². The fourth-order valence-corrected chi connectivity index (χ4v) is 2.35. The van der Waals surface area contributed by atoms with Crippen LogP contribution in [0.3, 0.4) is 0 Å². The van der Waals surface area contributed by atoms with Gasteiger partial charge in [-0.1, -0.05) is 13.0 Å². The Bertz CT molecular complexity index is 263. The number of ether oxygens (including phenoxy) is 1. The summed E-state index contributed by atoms with van der Waals surface area (Å²) in [5.41, 5.74) is -0.695. The van der Waals surface area contributed by atoms with Gasteiger partial charge in [0, 0.05) is 32.2 Å². The normalized spacial score (nSPS) is 23.6. The predicted octanol–water partition coefficient (Wildman–Crippen LogP) is 1.26. The first-order valence-electron chi connectivity index (χ1n) is 7.31. The van der Waals surface area contributed by atoms with Gasteiger partial charge in [-0.05, 0) is 26.2 Å². The van der Waals surface area contributed by atoms with E-state index in [0.29, 0.717) is 25.0 Å². The number of β-amino-alcohol motifs (C(OH)–C–C–N with tert-alkyl or cyclic N) is 1. The Morgan fingerprint density at radius 1 is 1.42 bits per heavy atom. The van der Waals surface area contributed by atoms with Crippen molar-refractivity contribution in [3.63, 3.8) is 0 Å². The maximum Gasteiger partial charge on any atom is 0.0869 e. The van der Waals surface area contributed by atoms with E-state index in [0.717, 1.165) is 32.7 Å². The topological polar surface area (TPSA) is 44.7 Å². The molecule has 0 amide bonds. The summed E-state index contributed by atoms with van der Waals surface area (Å²) in [6.07, 6.45) is 2.95. The minimum atomic E-state index is -0.695. The van der Waals surface area contributed by atoms with Gasteiger partial charge >= 0.3 is 0 Å². The quantitative estimate of drug-likeness (QED) is 0.652. The van der Waals surface area contributed by atoms with E-state index in [-0.39, 0.29) is 0 Å². The van der Waals surface area contributed by atoms with E-state index in [1.54, 1.807) is 0 Å².